The predicted octanol–water partition coefficient (Wildman–Crippen LogP) is -18.0. The number of hydrogen-bond acceptors (Lipinski definition) is 5. The summed E-state index contributed by atoms with van der Waals surface area (Å²) in [6.07, 6.45) is 0. The molecular weight excluding hydrogens is 215 g/mol. The Balaban J connectivity index is -0.0000000178. The Labute approximate surface area is 130 Å². The average molecular weight is 218 g/mol. The largest absolute Gasteiger partial charge is 1.00 e. The maximum Gasteiger partial charge on any atom is 1.00 e. The SMILES string of the molecule is O=P(O)(O)O.[Li+].[Li+].[Li+].[Li+].[O-][Si]([O-])([O-])[O-]. The smallest absolute Gasteiger partial charge is 0.894 e. The summed E-state index contributed by atoms with van der Waals surface area (Å²) in [7, 11) is -10.2. The quantitative estimate of drug-likeness (QED) is 0.265. The van der Waals surface area contributed by atoms with Crippen LogP contribution in [0.4, 0.5) is 0 Å². The molecular formula is H3Li4O8PSi. The van der Waals surface area contributed by atoms with Crippen LogP contribution in [0.2, 0.25) is 0 Å². The van der Waals surface area contributed by atoms with Crippen LogP contribution in [0.15, 0.2) is 0 Å². The molecule has 0 saturated heterocycles. The zero-order valence-corrected chi connectivity index (χ0v) is 10.2. The van der Waals surface area contributed by atoms with Crippen molar-refractivity contribution in [3.63, 3.8) is 0 Å². The Morgan fingerprint density at radius 2 is 0.786 bits per heavy atom. The minimum absolute atomic E-state index is 0. The first kappa shape index (κ1) is 36.0. The van der Waals surface area contributed by atoms with E-state index in [0.29, 0.717) is 0 Å². The standard InChI is InChI=1S/4Li.H3O4P.O4Si/c;;;;2*1-5(2,3)4/h;;;;(H3,1,2,3,4);/q4*+1;;-4. The van der Waals surface area contributed by atoms with Crippen molar-refractivity contribution in [3.05, 3.63) is 0 Å². The summed E-state index contributed by atoms with van der Waals surface area (Å²) in [5, 5.41) is 0. The van der Waals surface area contributed by atoms with E-state index in [1.165, 1.54) is 0 Å². The maximum absolute atomic E-state index is 8.88. The third-order valence-corrected chi connectivity index (χ3v) is 0. The molecule has 0 atom stereocenters. The van der Waals surface area contributed by atoms with Crippen LogP contribution in [-0.4, -0.2) is 23.7 Å². The molecule has 0 heterocycles. The number of hydrogen-bond donors (Lipinski definition) is 3. The van der Waals surface area contributed by atoms with Crippen molar-refractivity contribution >= 4 is 16.9 Å². The summed E-state index contributed by atoms with van der Waals surface area (Å²) in [6.45, 7) is 0. The van der Waals surface area contributed by atoms with Gasteiger partial charge in [0.25, 0.3) is 0 Å². The molecule has 0 amide bonds. The van der Waals surface area contributed by atoms with Crippen LogP contribution in [-0.2, 0) is 4.57 Å². The van der Waals surface area contributed by atoms with Crippen molar-refractivity contribution in [1.29, 1.82) is 0 Å². The molecule has 14 heteroatoms. The second kappa shape index (κ2) is 15.6. The molecule has 0 saturated carbocycles. The zero-order valence-electron chi connectivity index (χ0n) is 8.33. The van der Waals surface area contributed by atoms with Crippen LogP contribution < -0.4 is 94.6 Å². The van der Waals surface area contributed by atoms with Gasteiger partial charge in [0.2, 0.25) is 0 Å². The molecule has 0 unspecified atom stereocenters. The van der Waals surface area contributed by atoms with Gasteiger partial charge < -0.3 is 42.9 Å². The first-order valence-corrected chi connectivity index (χ1v) is 4.80. The number of phosphoric acid groups is 1. The maximum atomic E-state index is 8.88. The predicted molar refractivity (Wildman–Crippen MR) is 20.0 cm³/mol. The summed E-state index contributed by atoms with van der Waals surface area (Å²) in [6, 6.07) is 0. The molecule has 0 aliphatic carbocycles. The van der Waals surface area contributed by atoms with Crippen molar-refractivity contribution in [1.82, 2.24) is 0 Å². The summed E-state index contributed by atoms with van der Waals surface area (Å²) in [5.74, 6) is 0. The van der Waals surface area contributed by atoms with Crippen LogP contribution in [0.5, 0.6) is 0 Å². The van der Waals surface area contributed by atoms with Crippen molar-refractivity contribution in [3.8, 4) is 0 Å². The van der Waals surface area contributed by atoms with Gasteiger partial charge in [-0.1, -0.05) is 0 Å². The van der Waals surface area contributed by atoms with E-state index in [2.05, 4.69) is 0 Å². The van der Waals surface area contributed by atoms with E-state index in [0.717, 1.165) is 0 Å². The fourth-order valence-electron chi connectivity index (χ4n) is 0. The van der Waals surface area contributed by atoms with E-state index in [1.54, 1.807) is 0 Å². The fourth-order valence-corrected chi connectivity index (χ4v) is 0. The van der Waals surface area contributed by atoms with Gasteiger partial charge in [-0.3, -0.25) is 0 Å². The summed E-state index contributed by atoms with van der Waals surface area (Å²) in [4.78, 5) is 55.9. The van der Waals surface area contributed by atoms with Gasteiger partial charge in [0.1, 0.15) is 0 Å². The molecule has 0 rings (SSSR count). The van der Waals surface area contributed by atoms with E-state index in [9.17, 15) is 0 Å². The van der Waals surface area contributed by atoms with E-state index in [4.69, 9.17) is 38.4 Å². The van der Waals surface area contributed by atoms with Gasteiger partial charge in [-0.05, 0) is 0 Å². The average Bonchev–Trinajstić information content (AvgIpc) is 1.12. The molecule has 0 spiro atoms. The number of rotatable bonds is 0. The van der Waals surface area contributed by atoms with E-state index >= 15 is 0 Å². The van der Waals surface area contributed by atoms with Crippen LogP contribution >= 0.6 is 7.82 Å². The first-order chi connectivity index (χ1) is 4.00. The zero-order chi connectivity index (χ0) is 9.00. The van der Waals surface area contributed by atoms with Crippen LogP contribution in [0.3, 0.4) is 0 Å². The molecule has 0 fully saturated rings. The third kappa shape index (κ3) is 409. The summed E-state index contributed by atoms with van der Waals surface area (Å²) in [5.41, 5.74) is 0. The Bertz CT molecular complexity index is 114. The van der Waals surface area contributed by atoms with Crippen molar-refractivity contribution < 1.29 is 114 Å². The molecule has 8 nitrogen and oxygen atoms in total. The summed E-state index contributed by atoms with van der Waals surface area (Å²) < 4.78 is 8.88. The minimum atomic E-state index is -5.61. The molecule has 0 bridgehead atoms. The molecule has 3 N–H and O–H groups in total. The van der Waals surface area contributed by atoms with Gasteiger partial charge in [-0.2, -0.15) is 0 Å². The van der Waals surface area contributed by atoms with Crippen LogP contribution in [0.25, 0.3) is 0 Å². The van der Waals surface area contributed by atoms with E-state index < -0.39 is 16.9 Å². The van der Waals surface area contributed by atoms with E-state index in [1.807, 2.05) is 0 Å². The molecule has 0 radical (unpaired) electrons. The summed E-state index contributed by atoms with van der Waals surface area (Å²) >= 11 is 0. The third-order valence-electron chi connectivity index (χ3n) is 0. The monoisotopic (exact) mass is 218 g/mol. The second-order valence-corrected chi connectivity index (χ2v) is 3.04. The Morgan fingerprint density at radius 3 is 0.786 bits per heavy atom. The first-order valence-electron chi connectivity index (χ1n) is 1.60. The molecule has 0 aromatic heterocycles. The molecule has 64 valence electrons. The Hall–Kier alpha value is 2.56. The second-order valence-electron chi connectivity index (χ2n) is 1.01. The minimum Gasteiger partial charge on any atom is -0.894 e. The van der Waals surface area contributed by atoms with Gasteiger partial charge in [0, 0.05) is 0 Å². The van der Waals surface area contributed by atoms with Gasteiger partial charge in [-0.25, -0.2) is 4.57 Å². The molecule has 0 aromatic carbocycles. The van der Waals surface area contributed by atoms with Gasteiger partial charge in [-0.15, -0.1) is 0 Å². The molecule has 0 aliphatic heterocycles. The topological polar surface area (TPSA) is 170 Å². The van der Waals surface area contributed by atoms with Crippen molar-refractivity contribution in [2.45, 2.75) is 0 Å². The van der Waals surface area contributed by atoms with E-state index in [-0.39, 0.29) is 75.4 Å². The molecule has 14 heavy (non-hydrogen) atoms. The van der Waals surface area contributed by atoms with Gasteiger partial charge >= 0.3 is 83.3 Å². The van der Waals surface area contributed by atoms with Crippen molar-refractivity contribution in [2.24, 2.45) is 0 Å². The van der Waals surface area contributed by atoms with Crippen LogP contribution in [0, 0.1) is 0 Å². The van der Waals surface area contributed by atoms with Crippen LogP contribution in [0.1, 0.15) is 0 Å². The normalized spacial score (nSPS) is 8.50. The Kier molecular flexibility index (Phi) is 40.0. The Morgan fingerprint density at radius 1 is 0.786 bits per heavy atom. The van der Waals surface area contributed by atoms with Gasteiger partial charge in [0.15, 0.2) is 0 Å². The van der Waals surface area contributed by atoms with Crippen molar-refractivity contribution in [2.75, 3.05) is 0 Å². The fraction of sp³-hybridized carbons (Fsp3) is 0. The molecule has 0 aliphatic rings. The molecule has 0 aromatic rings. The van der Waals surface area contributed by atoms with Gasteiger partial charge in [0.05, 0.1) is 0 Å².